The number of nitrogens with zero attached hydrogens (tertiary/aromatic N) is 4. The van der Waals surface area contributed by atoms with E-state index in [0.29, 0.717) is 23.8 Å². The Morgan fingerprint density at radius 2 is 2.20 bits per heavy atom. The standard InChI is InChI=1S/C11H10ClN5O3/c12-6-1-8(13-2-6)10(18)16-3-7(4-16)17-5-9(11(19)20)14-15-17/h1-2,5,7,13H,3-4H2,(H,19,20). The van der Waals surface area contributed by atoms with Crippen LogP contribution in [0.1, 0.15) is 27.0 Å². The number of H-pyrrole nitrogens is 1. The molecule has 0 aromatic carbocycles. The lowest BCUT2D eigenvalue weighted by molar-refractivity contribution is 0.0492. The van der Waals surface area contributed by atoms with Gasteiger partial charge < -0.3 is 15.0 Å². The molecule has 1 aliphatic rings. The molecule has 3 rings (SSSR count). The van der Waals surface area contributed by atoms with E-state index in [4.69, 9.17) is 16.7 Å². The number of hydrogen-bond acceptors (Lipinski definition) is 4. The first-order valence-electron chi connectivity index (χ1n) is 5.83. The van der Waals surface area contributed by atoms with Crippen LogP contribution in [0, 0.1) is 0 Å². The summed E-state index contributed by atoms with van der Waals surface area (Å²) in [5.74, 6) is -1.27. The predicted octanol–water partition coefficient (Wildman–Crippen LogP) is 0.655. The Kier molecular flexibility index (Phi) is 2.94. The molecule has 0 unspecified atom stereocenters. The van der Waals surface area contributed by atoms with Gasteiger partial charge in [0.1, 0.15) is 5.69 Å². The first kappa shape index (κ1) is 12.7. The highest BCUT2D eigenvalue weighted by Gasteiger charge is 2.34. The predicted molar refractivity (Wildman–Crippen MR) is 67.7 cm³/mol. The zero-order chi connectivity index (χ0) is 14.3. The van der Waals surface area contributed by atoms with Crippen LogP contribution in [0.15, 0.2) is 18.5 Å². The van der Waals surface area contributed by atoms with Gasteiger partial charge in [-0.3, -0.25) is 4.79 Å². The number of halogens is 1. The minimum absolute atomic E-state index is 0.0509. The Balaban J connectivity index is 1.63. The summed E-state index contributed by atoms with van der Waals surface area (Å²) in [6.07, 6.45) is 2.91. The fraction of sp³-hybridized carbons (Fsp3) is 0.273. The number of carbonyl (C=O) groups is 2. The normalized spacial score (nSPS) is 15.2. The number of hydrogen-bond donors (Lipinski definition) is 2. The number of rotatable bonds is 3. The summed E-state index contributed by atoms with van der Waals surface area (Å²) in [6, 6.07) is 1.51. The van der Waals surface area contributed by atoms with E-state index in [1.807, 2.05) is 0 Å². The zero-order valence-electron chi connectivity index (χ0n) is 10.2. The van der Waals surface area contributed by atoms with Crippen molar-refractivity contribution in [2.75, 3.05) is 13.1 Å². The SMILES string of the molecule is O=C(O)c1cn(C2CN(C(=O)c3cc(Cl)c[nH]3)C2)nn1. The lowest BCUT2D eigenvalue weighted by Crippen LogP contribution is -2.51. The molecule has 0 saturated carbocycles. The van der Waals surface area contributed by atoms with Crippen molar-refractivity contribution in [3.63, 3.8) is 0 Å². The van der Waals surface area contributed by atoms with E-state index < -0.39 is 5.97 Å². The highest BCUT2D eigenvalue weighted by Crippen LogP contribution is 2.23. The van der Waals surface area contributed by atoms with Crippen molar-refractivity contribution in [1.82, 2.24) is 24.9 Å². The second-order valence-corrected chi connectivity index (χ2v) is 4.92. The van der Waals surface area contributed by atoms with Gasteiger partial charge in [0.25, 0.3) is 5.91 Å². The molecule has 3 heterocycles. The second-order valence-electron chi connectivity index (χ2n) is 4.48. The maximum atomic E-state index is 12.0. The third kappa shape index (κ3) is 2.14. The molecule has 8 nitrogen and oxygen atoms in total. The molecular formula is C11H10ClN5O3. The van der Waals surface area contributed by atoms with Crippen molar-refractivity contribution in [3.8, 4) is 0 Å². The number of carboxylic acid groups (broad SMARTS) is 1. The lowest BCUT2D eigenvalue weighted by Gasteiger charge is -2.38. The summed E-state index contributed by atoms with van der Waals surface area (Å²) in [6.45, 7) is 0.912. The number of amides is 1. The molecule has 104 valence electrons. The Bertz CT molecular complexity index is 673. The van der Waals surface area contributed by atoms with Crippen LogP contribution in [0.5, 0.6) is 0 Å². The van der Waals surface area contributed by atoms with Crippen LogP contribution in [0.3, 0.4) is 0 Å². The molecule has 0 atom stereocenters. The van der Waals surface area contributed by atoms with Crippen molar-refractivity contribution in [3.05, 3.63) is 34.9 Å². The van der Waals surface area contributed by atoms with Gasteiger partial charge in [0.05, 0.1) is 17.3 Å². The second kappa shape index (κ2) is 4.64. The molecule has 0 radical (unpaired) electrons. The van der Waals surface area contributed by atoms with Crippen LogP contribution in [0.4, 0.5) is 0 Å². The van der Waals surface area contributed by atoms with E-state index >= 15 is 0 Å². The lowest BCUT2D eigenvalue weighted by atomic mass is 10.1. The Hall–Kier alpha value is -2.35. The monoisotopic (exact) mass is 295 g/mol. The molecule has 1 aliphatic heterocycles. The van der Waals surface area contributed by atoms with Gasteiger partial charge in [-0.1, -0.05) is 16.8 Å². The van der Waals surface area contributed by atoms with Gasteiger partial charge in [0, 0.05) is 19.3 Å². The average Bonchev–Trinajstić information content (AvgIpc) is 2.96. The van der Waals surface area contributed by atoms with Gasteiger partial charge >= 0.3 is 5.97 Å². The summed E-state index contributed by atoms with van der Waals surface area (Å²) >= 11 is 5.75. The summed E-state index contributed by atoms with van der Waals surface area (Å²) in [7, 11) is 0. The fourth-order valence-electron chi connectivity index (χ4n) is 2.00. The van der Waals surface area contributed by atoms with Crippen LogP contribution in [0.2, 0.25) is 5.02 Å². The zero-order valence-corrected chi connectivity index (χ0v) is 10.9. The largest absolute Gasteiger partial charge is 0.476 e. The fourth-order valence-corrected chi connectivity index (χ4v) is 2.17. The van der Waals surface area contributed by atoms with E-state index in [-0.39, 0.29) is 17.6 Å². The summed E-state index contributed by atoms with van der Waals surface area (Å²) in [5, 5.41) is 16.5. The molecule has 1 amide bonds. The smallest absolute Gasteiger partial charge is 0.358 e. The molecule has 2 N–H and O–H groups in total. The van der Waals surface area contributed by atoms with Crippen molar-refractivity contribution < 1.29 is 14.7 Å². The Labute approximate surface area is 117 Å². The minimum atomic E-state index is -1.12. The molecule has 2 aromatic heterocycles. The van der Waals surface area contributed by atoms with Crippen LogP contribution in [-0.4, -0.2) is 55.0 Å². The first-order chi connectivity index (χ1) is 9.54. The maximum Gasteiger partial charge on any atom is 0.358 e. The van der Waals surface area contributed by atoms with Crippen LogP contribution >= 0.6 is 11.6 Å². The van der Waals surface area contributed by atoms with Gasteiger partial charge in [-0.25, -0.2) is 9.48 Å². The van der Waals surface area contributed by atoms with E-state index in [9.17, 15) is 9.59 Å². The quantitative estimate of drug-likeness (QED) is 0.865. The first-order valence-corrected chi connectivity index (χ1v) is 6.20. The van der Waals surface area contributed by atoms with Crippen molar-refractivity contribution >= 4 is 23.5 Å². The number of carbonyl (C=O) groups excluding carboxylic acids is 1. The van der Waals surface area contributed by atoms with E-state index in [1.54, 1.807) is 17.2 Å². The van der Waals surface area contributed by atoms with E-state index in [2.05, 4.69) is 15.3 Å². The topological polar surface area (TPSA) is 104 Å². The molecule has 0 aliphatic carbocycles. The summed E-state index contributed by atoms with van der Waals surface area (Å²) in [5.41, 5.74) is 0.323. The number of aromatic carboxylic acids is 1. The van der Waals surface area contributed by atoms with Crippen molar-refractivity contribution in [2.45, 2.75) is 6.04 Å². The molecule has 1 saturated heterocycles. The van der Waals surface area contributed by atoms with Gasteiger partial charge in [-0.05, 0) is 6.07 Å². The molecule has 2 aromatic rings. The Morgan fingerprint density at radius 1 is 1.45 bits per heavy atom. The Morgan fingerprint density at radius 3 is 2.75 bits per heavy atom. The molecular weight excluding hydrogens is 286 g/mol. The van der Waals surface area contributed by atoms with E-state index in [0.717, 1.165) is 0 Å². The maximum absolute atomic E-state index is 12.0. The molecule has 1 fully saturated rings. The van der Waals surface area contributed by atoms with Crippen LogP contribution < -0.4 is 0 Å². The highest BCUT2D eigenvalue weighted by molar-refractivity contribution is 6.30. The molecule has 9 heteroatoms. The molecule has 20 heavy (non-hydrogen) atoms. The average molecular weight is 296 g/mol. The summed E-state index contributed by atoms with van der Waals surface area (Å²) < 4.78 is 1.47. The van der Waals surface area contributed by atoms with Crippen LogP contribution in [-0.2, 0) is 0 Å². The molecule has 0 bridgehead atoms. The van der Waals surface area contributed by atoms with Crippen LogP contribution in [0.25, 0.3) is 0 Å². The van der Waals surface area contributed by atoms with Gasteiger partial charge in [-0.2, -0.15) is 0 Å². The highest BCUT2D eigenvalue weighted by atomic mass is 35.5. The molecule has 0 spiro atoms. The third-order valence-corrected chi connectivity index (χ3v) is 3.35. The summed E-state index contributed by atoms with van der Waals surface area (Å²) in [4.78, 5) is 27.1. The number of likely N-dealkylation sites (tertiary alicyclic amines) is 1. The van der Waals surface area contributed by atoms with Gasteiger partial charge in [0.15, 0.2) is 5.69 Å². The van der Waals surface area contributed by atoms with Crippen molar-refractivity contribution in [1.29, 1.82) is 0 Å². The van der Waals surface area contributed by atoms with E-state index in [1.165, 1.54) is 10.9 Å². The van der Waals surface area contributed by atoms with Gasteiger partial charge in [0.2, 0.25) is 0 Å². The van der Waals surface area contributed by atoms with Crippen molar-refractivity contribution in [2.24, 2.45) is 0 Å². The number of carboxylic acids is 1. The minimum Gasteiger partial charge on any atom is -0.476 e. The number of nitrogens with one attached hydrogen (secondary N) is 1. The number of aromatic amines is 1. The van der Waals surface area contributed by atoms with Gasteiger partial charge in [-0.15, -0.1) is 5.10 Å². The number of aromatic nitrogens is 4. The third-order valence-electron chi connectivity index (χ3n) is 3.13.